The number of fused-ring (bicyclic) bond motifs is 2. The zero-order chi connectivity index (χ0) is 22.1. The molecule has 5 rings (SSSR count). The molecule has 3 heterocycles. The number of aromatic nitrogens is 4. The van der Waals surface area contributed by atoms with Crippen LogP contribution in [0.2, 0.25) is 0 Å². The molecule has 0 unspecified atom stereocenters. The van der Waals surface area contributed by atoms with E-state index in [1.807, 2.05) is 67.6 Å². The number of hydrogen-bond acceptors (Lipinski definition) is 8. The lowest BCUT2D eigenvalue weighted by molar-refractivity contribution is -0.387. The number of benzene rings is 2. The normalized spacial score (nSPS) is 11.0. The Morgan fingerprint density at radius 3 is 2.69 bits per heavy atom. The number of anilines is 2. The van der Waals surface area contributed by atoms with Crippen LogP contribution in [-0.2, 0) is 0 Å². The van der Waals surface area contributed by atoms with Gasteiger partial charge in [0.05, 0.1) is 16.0 Å². The topological polar surface area (TPSA) is 107 Å². The van der Waals surface area contributed by atoms with Crippen LogP contribution in [0.1, 0.15) is 5.69 Å². The van der Waals surface area contributed by atoms with Crippen LogP contribution in [-0.4, -0.2) is 24.9 Å². The number of rotatable bonds is 5. The summed E-state index contributed by atoms with van der Waals surface area (Å²) in [7, 11) is 0. The highest BCUT2D eigenvalue weighted by Gasteiger charge is 2.25. The maximum atomic E-state index is 12.0. The van der Waals surface area contributed by atoms with Gasteiger partial charge in [-0.25, -0.2) is 9.97 Å². The third kappa shape index (κ3) is 3.69. The molecule has 0 saturated heterocycles. The van der Waals surface area contributed by atoms with Crippen LogP contribution in [0.15, 0.2) is 83.1 Å². The zero-order valence-electron chi connectivity index (χ0n) is 16.9. The number of nitro groups is 1. The van der Waals surface area contributed by atoms with Crippen molar-refractivity contribution in [2.24, 2.45) is 0 Å². The zero-order valence-corrected chi connectivity index (χ0v) is 17.7. The number of hydrogen-bond donors (Lipinski definition) is 1. The Labute approximate surface area is 186 Å². The quantitative estimate of drug-likeness (QED) is 0.211. The van der Waals surface area contributed by atoms with Crippen LogP contribution >= 0.6 is 11.8 Å². The van der Waals surface area contributed by atoms with Crippen molar-refractivity contribution in [2.75, 3.05) is 5.32 Å². The molecule has 2 aromatic carbocycles. The van der Waals surface area contributed by atoms with Crippen LogP contribution in [0.4, 0.5) is 17.2 Å². The average Bonchev–Trinajstić information content (AvgIpc) is 2.79. The van der Waals surface area contributed by atoms with E-state index in [1.165, 1.54) is 18.1 Å². The molecule has 32 heavy (non-hydrogen) atoms. The first-order valence-corrected chi connectivity index (χ1v) is 10.6. The van der Waals surface area contributed by atoms with E-state index < -0.39 is 4.92 Å². The SMILES string of the molecule is Cc1ccc2c(Nc3ncnc(Sc4cccc5cccnc45)c3[N+](=O)[O-])cccc2n1. The summed E-state index contributed by atoms with van der Waals surface area (Å²) in [5, 5.41) is 17.2. The Morgan fingerprint density at radius 2 is 1.81 bits per heavy atom. The second kappa shape index (κ2) is 8.20. The van der Waals surface area contributed by atoms with Gasteiger partial charge in [-0.1, -0.05) is 36.0 Å². The Balaban J connectivity index is 1.58. The molecular formula is C23H16N6O2S. The smallest absolute Gasteiger partial charge is 0.334 e. The van der Waals surface area contributed by atoms with E-state index in [9.17, 15) is 10.1 Å². The molecule has 0 atom stereocenters. The third-order valence-electron chi connectivity index (χ3n) is 4.90. The van der Waals surface area contributed by atoms with Crippen molar-refractivity contribution >= 4 is 50.8 Å². The van der Waals surface area contributed by atoms with Crippen LogP contribution in [0, 0.1) is 17.0 Å². The number of nitrogens with one attached hydrogen (secondary N) is 1. The standard InChI is InChI=1S/C23H16N6O2S/c1-14-10-11-16-17(27-14)7-3-8-18(16)28-22-21(29(30)31)23(26-13-25-22)32-19-9-2-5-15-6-4-12-24-20(15)19/h2-13H,1H3,(H,25,26,28). The predicted octanol–water partition coefficient (Wildman–Crippen LogP) is 5.68. The number of aryl methyl sites for hydroxylation is 1. The molecule has 0 amide bonds. The molecular weight excluding hydrogens is 424 g/mol. The molecule has 156 valence electrons. The molecule has 0 bridgehead atoms. The van der Waals surface area contributed by atoms with Gasteiger partial charge in [0.1, 0.15) is 6.33 Å². The fourth-order valence-corrected chi connectivity index (χ4v) is 4.44. The molecule has 0 fully saturated rings. The van der Waals surface area contributed by atoms with Crippen molar-refractivity contribution in [3.8, 4) is 0 Å². The maximum Gasteiger partial charge on any atom is 0.343 e. The second-order valence-electron chi connectivity index (χ2n) is 7.02. The Hall–Kier alpha value is -4.11. The maximum absolute atomic E-state index is 12.0. The fourth-order valence-electron chi connectivity index (χ4n) is 3.45. The number of pyridine rings is 2. The highest BCUT2D eigenvalue weighted by Crippen LogP contribution is 2.40. The van der Waals surface area contributed by atoms with Crippen molar-refractivity contribution in [2.45, 2.75) is 16.8 Å². The second-order valence-corrected chi connectivity index (χ2v) is 8.05. The van der Waals surface area contributed by atoms with Gasteiger partial charge in [0.15, 0.2) is 5.03 Å². The van der Waals surface area contributed by atoms with Crippen LogP contribution in [0.25, 0.3) is 21.8 Å². The summed E-state index contributed by atoms with van der Waals surface area (Å²) in [6, 6.07) is 18.9. The highest BCUT2D eigenvalue weighted by atomic mass is 32.2. The molecule has 0 aliphatic carbocycles. The first-order valence-electron chi connectivity index (χ1n) is 9.74. The summed E-state index contributed by atoms with van der Waals surface area (Å²) < 4.78 is 0. The van der Waals surface area contributed by atoms with Gasteiger partial charge in [-0.2, -0.15) is 0 Å². The van der Waals surface area contributed by atoms with Crippen LogP contribution < -0.4 is 5.32 Å². The summed E-state index contributed by atoms with van der Waals surface area (Å²) >= 11 is 1.19. The Morgan fingerprint density at radius 1 is 0.969 bits per heavy atom. The molecule has 0 spiro atoms. The van der Waals surface area contributed by atoms with E-state index in [2.05, 4.69) is 25.3 Å². The molecule has 1 N–H and O–H groups in total. The van der Waals surface area contributed by atoms with Crippen LogP contribution in [0.3, 0.4) is 0 Å². The first-order chi connectivity index (χ1) is 15.6. The lowest BCUT2D eigenvalue weighted by Crippen LogP contribution is -2.03. The van der Waals surface area contributed by atoms with Crippen molar-refractivity contribution in [3.63, 3.8) is 0 Å². The van der Waals surface area contributed by atoms with Gasteiger partial charge >= 0.3 is 5.69 Å². The number of nitrogens with zero attached hydrogens (tertiary/aromatic N) is 5. The summed E-state index contributed by atoms with van der Waals surface area (Å²) in [6.45, 7) is 1.92. The van der Waals surface area contributed by atoms with E-state index in [0.29, 0.717) is 5.69 Å². The average molecular weight is 440 g/mol. The van der Waals surface area contributed by atoms with E-state index in [4.69, 9.17) is 0 Å². The first kappa shape index (κ1) is 19.8. The number of para-hydroxylation sites is 1. The molecule has 8 nitrogen and oxygen atoms in total. The molecule has 9 heteroatoms. The Bertz CT molecular complexity index is 1490. The van der Waals surface area contributed by atoms with E-state index >= 15 is 0 Å². The van der Waals surface area contributed by atoms with E-state index in [0.717, 1.165) is 32.4 Å². The molecule has 0 aliphatic heterocycles. The van der Waals surface area contributed by atoms with Gasteiger partial charge in [-0.15, -0.1) is 0 Å². The summed E-state index contributed by atoms with van der Waals surface area (Å²) in [5.41, 5.74) is 2.94. The summed E-state index contributed by atoms with van der Waals surface area (Å²) in [6.07, 6.45) is 3.02. The highest BCUT2D eigenvalue weighted by molar-refractivity contribution is 7.99. The minimum Gasteiger partial charge on any atom is -0.334 e. The largest absolute Gasteiger partial charge is 0.343 e. The van der Waals surface area contributed by atoms with Gasteiger partial charge in [-0.3, -0.25) is 20.1 Å². The molecule has 0 radical (unpaired) electrons. The van der Waals surface area contributed by atoms with Gasteiger partial charge in [0.25, 0.3) is 0 Å². The lowest BCUT2D eigenvalue weighted by atomic mass is 10.1. The molecule has 0 saturated carbocycles. The van der Waals surface area contributed by atoms with Crippen molar-refractivity contribution in [1.82, 2.24) is 19.9 Å². The minimum absolute atomic E-state index is 0.119. The monoisotopic (exact) mass is 440 g/mol. The molecule has 0 aliphatic rings. The third-order valence-corrected chi connectivity index (χ3v) is 5.94. The van der Waals surface area contributed by atoms with Gasteiger partial charge < -0.3 is 5.32 Å². The molecule has 3 aromatic heterocycles. The van der Waals surface area contributed by atoms with E-state index in [-0.39, 0.29) is 16.5 Å². The van der Waals surface area contributed by atoms with Crippen LogP contribution in [0.5, 0.6) is 0 Å². The summed E-state index contributed by atoms with van der Waals surface area (Å²) in [5.74, 6) is 0.119. The summed E-state index contributed by atoms with van der Waals surface area (Å²) in [4.78, 5) is 29.7. The van der Waals surface area contributed by atoms with Crippen molar-refractivity contribution in [1.29, 1.82) is 0 Å². The van der Waals surface area contributed by atoms with Gasteiger partial charge in [0.2, 0.25) is 5.82 Å². The van der Waals surface area contributed by atoms with Crippen molar-refractivity contribution in [3.05, 3.63) is 89.0 Å². The molecule has 5 aromatic rings. The lowest BCUT2D eigenvalue weighted by Gasteiger charge is -2.11. The van der Waals surface area contributed by atoms with Crippen molar-refractivity contribution < 1.29 is 4.92 Å². The van der Waals surface area contributed by atoms with Gasteiger partial charge in [-0.05, 0) is 43.3 Å². The fraction of sp³-hybridized carbons (Fsp3) is 0.0435. The minimum atomic E-state index is -0.462. The predicted molar refractivity (Wildman–Crippen MR) is 124 cm³/mol. The van der Waals surface area contributed by atoms with E-state index in [1.54, 1.807) is 6.20 Å². The Kier molecular flexibility index (Phi) is 5.08. The van der Waals surface area contributed by atoms with Gasteiger partial charge in [0, 0.05) is 33.2 Å².